The Morgan fingerprint density at radius 1 is 1.58 bits per heavy atom. The van der Waals surface area contributed by atoms with Crippen LogP contribution in [0.3, 0.4) is 0 Å². The molecule has 2 aromatic rings. The summed E-state index contributed by atoms with van der Waals surface area (Å²) in [7, 11) is 0. The molecule has 3 N–H and O–H groups in total. The van der Waals surface area contributed by atoms with Gasteiger partial charge < -0.3 is 15.6 Å². The van der Waals surface area contributed by atoms with E-state index in [1.807, 2.05) is 0 Å². The van der Waals surface area contributed by atoms with Crippen LogP contribution in [0.1, 0.15) is 19.6 Å². The van der Waals surface area contributed by atoms with Crippen LogP contribution in [0.2, 0.25) is 0 Å². The second-order valence-corrected chi connectivity index (χ2v) is 4.86. The summed E-state index contributed by atoms with van der Waals surface area (Å²) in [6, 6.07) is 0. The lowest BCUT2D eigenvalue weighted by Gasteiger charge is -2.22. The minimum atomic E-state index is -1.61. The van der Waals surface area contributed by atoms with Crippen LogP contribution in [-0.2, 0) is 4.74 Å². The standard InChI is InChI=1S/C11H14FN5O2/c1-11(12)2-6(3-18)19-10(11)17-5-16-7-8(13)14-4-15-9(7)17/h4-6,10,18H,2-3H2,1H3,(H2,13,14,15)/t6-,10+,11+/m0/s1. The molecular weight excluding hydrogens is 253 g/mol. The third-order valence-corrected chi connectivity index (χ3v) is 3.31. The van der Waals surface area contributed by atoms with Crippen molar-refractivity contribution in [1.82, 2.24) is 19.5 Å². The van der Waals surface area contributed by atoms with Crippen LogP contribution in [0.15, 0.2) is 12.7 Å². The number of nitrogens with two attached hydrogens (primary N) is 1. The van der Waals surface area contributed by atoms with E-state index in [4.69, 9.17) is 15.6 Å². The predicted octanol–water partition coefficient (Wildman–Crippen LogP) is 0.417. The fraction of sp³-hybridized carbons (Fsp3) is 0.545. The molecule has 0 aliphatic carbocycles. The molecule has 1 aliphatic heterocycles. The first-order valence-electron chi connectivity index (χ1n) is 5.91. The van der Waals surface area contributed by atoms with Gasteiger partial charge in [-0.05, 0) is 6.92 Å². The summed E-state index contributed by atoms with van der Waals surface area (Å²) in [5.41, 5.74) is 4.91. The molecule has 2 aromatic heterocycles. The van der Waals surface area contributed by atoms with E-state index in [1.165, 1.54) is 24.1 Å². The van der Waals surface area contributed by atoms with Gasteiger partial charge in [-0.15, -0.1) is 0 Å². The summed E-state index contributed by atoms with van der Waals surface area (Å²) in [6.45, 7) is 1.21. The molecule has 0 radical (unpaired) electrons. The average Bonchev–Trinajstić information content (AvgIpc) is 2.90. The molecule has 0 spiro atoms. The van der Waals surface area contributed by atoms with Gasteiger partial charge in [0.1, 0.15) is 11.8 Å². The molecule has 3 rings (SSSR count). The zero-order valence-corrected chi connectivity index (χ0v) is 10.3. The highest BCUT2D eigenvalue weighted by atomic mass is 19.1. The first-order chi connectivity index (χ1) is 9.03. The molecule has 0 saturated carbocycles. The van der Waals surface area contributed by atoms with E-state index in [9.17, 15) is 4.39 Å². The van der Waals surface area contributed by atoms with Crippen molar-refractivity contribution >= 4 is 17.0 Å². The van der Waals surface area contributed by atoms with Crippen molar-refractivity contribution in [3.05, 3.63) is 12.7 Å². The van der Waals surface area contributed by atoms with Gasteiger partial charge in [0.15, 0.2) is 23.4 Å². The number of alkyl halides is 1. The fourth-order valence-corrected chi connectivity index (χ4v) is 2.42. The van der Waals surface area contributed by atoms with Gasteiger partial charge in [0.05, 0.1) is 19.0 Å². The van der Waals surface area contributed by atoms with E-state index in [0.717, 1.165) is 0 Å². The van der Waals surface area contributed by atoms with Crippen LogP contribution < -0.4 is 5.73 Å². The number of aromatic nitrogens is 4. The van der Waals surface area contributed by atoms with Gasteiger partial charge in [-0.25, -0.2) is 19.3 Å². The maximum absolute atomic E-state index is 14.5. The molecular formula is C11H14FN5O2. The second-order valence-electron chi connectivity index (χ2n) is 4.86. The number of ether oxygens (including phenoxy) is 1. The molecule has 1 saturated heterocycles. The highest BCUT2D eigenvalue weighted by Gasteiger charge is 2.47. The molecule has 0 unspecified atom stereocenters. The summed E-state index contributed by atoms with van der Waals surface area (Å²) >= 11 is 0. The van der Waals surface area contributed by atoms with Crippen LogP contribution >= 0.6 is 0 Å². The van der Waals surface area contributed by atoms with Crippen molar-refractivity contribution in [2.45, 2.75) is 31.3 Å². The van der Waals surface area contributed by atoms with Crippen molar-refractivity contribution < 1.29 is 14.2 Å². The highest BCUT2D eigenvalue weighted by molar-refractivity contribution is 5.81. The molecule has 7 nitrogen and oxygen atoms in total. The quantitative estimate of drug-likeness (QED) is 0.818. The molecule has 0 amide bonds. The number of aliphatic hydroxyl groups excluding tert-OH is 1. The Balaban J connectivity index is 2.07. The maximum atomic E-state index is 14.5. The smallest absolute Gasteiger partial charge is 0.170 e. The minimum absolute atomic E-state index is 0.119. The van der Waals surface area contributed by atoms with Gasteiger partial charge in [0, 0.05) is 6.42 Å². The Bertz CT molecular complexity index is 614. The van der Waals surface area contributed by atoms with E-state index in [1.54, 1.807) is 0 Å². The lowest BCUT2D eigenvalue weighted by molar-refractivity contribution is -0.0565. The van der Waals surface area contributed by atoms with Gasteiger partial charge in [-0.2, -0.15) is 0 Å². The van der Waals surface area contributed by atoms with Crippen molar-refractivity contribution in [3.63, 3.8) is 0 Å². The van der Waals surface area contributed by atoms with Gasteiger partial charge in [-0.3, -0.25) is 4.57 Å². The molecule has 0 bridgehead atoms. The third kappa shape index (κ3) is 1.83. The molecule has 19 heavy (non-hydrogen) atoms. The average molecular weight is 267 g/mol. The Labute approximate surface area is 108 Å². The lowest BCUT2D eigenvalue weighted by Crippen LogP contribution is -2.27. The van der Waals surface area contributed by atoms with Gasteiger partial charge >= 0.3 is 0 Å². The number of nitrogens with zero attached hydrogens (tertiary/aromatic N) is 4. The van der Waals surface area contributed by atoms with Crippen LogP contribution in [-0.4, -0.2) is 43.0 Å². The van der Waals surface area contributed by atoms with Crippen LogP contribution in [0.5, 0.6) is 0 Å². The largest absolute Gasteiger partial charge is 0.394 e. The maximum Gasteiger partial charge on any atom is 0.170 e. The lowest BCUT2D eigenvalue weighted by atomic mass is 10.0. The molecule has 8 heteroatoms. The van der Waals surface area contributed by atoms with Crippen LogP contribution in [0, 0.1) is 0 Å². The second kappa shape index (κ2) is 4.10. The number of rotatable bonds is 2. The van der Waals surface area contributed by atoms with Crippen LogP contribution in [0.25, 0.3) is 11.2 Å². The van der Waals surface area contributed by atoms with Crippen molar-refractivity contribution in [3.8, 4) is 0 Å². The molecule has 1 fully saturated rings. The molecule has 102 valence electrons. The Morgan fingerprint density at radius 2 is 2.37 bits per heavy atom. The number of halogens is 1. The molecule has 0 aromatic carbocycles. The van der Waals surface area contributed by atoms with Crippen molar-refractivity contribution in [1.29, 1.82) is 0 Å². The summed E-state index contributed by atoms with van der Waals surface area (Å²) in [6.07, 6.45) is 1.43. The Hall–Kier alpha value is -1.80. The monoisotopic (exact) mass is 267 g/mol. The SMILES string of the molecule is C[C@@]1(F)C[C@@H](CO)O[C@H]1n1cnc2c(N)ncnc21. The number of aliphatic hydroxyl groups is 1. The summed E-state index contributed by atoms with van der Waals surface area (Å²) in [5.74, 6) is 0.237. The van der Waals surface area contributed by atoms with E-state index >= 15 is 0 Å². The Kier molecular flexibility index (Phi) is 2.64. The third-order valence-electron chi connectivity index (χ3n) is 3.31. The first-order valence-corrected chi connectivity index (χ1v) is 5.91. The van der Waals surface area contributed by atoms with E-state index in [0.29, 0.717) is 11.2 Å². The number of imidazole rings is 1. The van der Waals surface area contributed by atoms with Crippen LogP contribution in [0.4, 0.5) is 10.2 Å². The van der Waals surface area contributed by atoms with Gasteiger partial charge in [0.2, 0.25) is 0 Å². The zero-order valence-electron chi connectivity index (χ0n) is 10.3. The minimum Gasteiger partial charge on any atom is -0.394 e. The number of anilines is 1. The first kappa shape index (κ1) is 12.2. The summed E-state index contributed by atoms with van der Waals surface area (Å²) in [5, 5.41) is 9.11. The number of hydrogen-bond donors (Lipinski definition) is 2. The summed E-state index contributed by atoms with van der Waals surface area (Å²) < 4.78 is 21.5. The zero-order chi connectivity index (χ0) is 13.6. The van der Waals surface area contributed by atoms with Crippen molar-refractivity contribution in [2.24, 2.45) is 0 Å². The number of fused-ring (bicyclic) bond motifs is 1. The highest BCUT2D eigenvalue weighted by Crippen LogP contribution is 2.41. The van der Waals surface area contributed by atoms with E-state index in [-0.39, 0.29) is 18.8 Å². The van der Waals surface area contributed by atoms with E-state index < -0.39 is 18.0 Å². The topological polar surface area (TPSA) is 99.1 Å². The summed E-state index contributed by atoms with van der Waals surface area (Å²) in [4.78, 5) is 12.0. The fourth-order valence-electron chi connectivity index (χ4n) is 2.42. The van der Waals surface area contributed by atoms with Crippen molar-refractivity contribution in [2.75, 3.05) is 12.3 Å². The predicted molar refractivity (Wildman–Crippen MR) is 64.9 cm³/mol. The number of hydrogen-bond acceptors (Lipinski definition) is 6. The van der Waals surface area contributed by atoms with E-state index in [2.05, 4.69) is 15.0 Å². The number of nitrogen functional groups attached to an aromatic ring is 1. The van der Waals surface area contributed by atoms with Gasteiger partial charge in [-0.1, -0.05) is 0 Å². The van der Waals surface area contributed by atoms with Gasteiger partial charge in [0.25, 0.3) is 0 Å². The molecule has 3 atom stereocenters. The molecule has 3 heterocycles. The Morgan fingerprint density at radius 3 is 3.05 bits per heavy atom. The normalized spacial score (nSPS) is 31.1. The molecule has 1 aliphatic rings.